The van der Waals surface area contributed by atoms with Crippen molar-refractivity contribution in [1.82, 2.24) is 5.32 Å². The summed E-state index contributed by atoms with van der Waals surface area (Å²) < 4.78 is 0.935. The van der Waals surface area contributed by atoms with E-state index < -0.39 is 0 Å². The molecule has 0 heterocycles. The number of benzene rings is 2. The molecular weight excluding hydrogens is 322 g/mol. The predicted molar refractivity (Wildman–Crippen MR) is 85.6 cm³/mol. The highest BCUT2D eigenvalue weighted by Crippen LogP contribution is 2.24. The Morgan fingerprint density at radius 2 is 1.95 bits per heavy atom. The molecule has 0 radical (unpaired) electrons. The van der Waals surface area contributed by atoms with Crippen molar-refractivity contribution in [2.75, 3.05) is 0 Å². The fourth-order valence-corrected chi connectivity index (χ4v) is 2.55. The summed E-state index contributed by atoms with van der Waals surface area (Å²) >= 11 is 9.50. The third-order valence-corrected chi connectivity index (χ3v) is 4.48. The van der Waals surface area contributed by atoms with E-state index in [-0.39, 0.29) is 0 Å². The van der Waals surface area contributed by atoms with Crippen LogP contribution in [-0.2, 0) is 6.54 Å². The Kier molecular flexibility index (Phi) is 5.03. The number of hydrogen-bond acceptors (Lipinski definition) is 1. The van der Waals surface area contributed by atoms with Crippen molar-refractivity contribution in [3.8, 4) is 0 Å². The molecule has 2 rings (SSSR count). The van der Waals surface area contributed by atoms with E-state index in [4.69, 9.17) is 11.6 Å². The van der Waals surface area contributed by atoms with Gasteiger partial charge in [0.2, 0.25) is 0 Å². The topological polar surface area (TPSA) is 12.0 Å². The lowest BCUT2D eigenvalue weighted by Gasteiger charge is -2.16. The molecule has 2 aromatic carbocycles. The molecule has 0 fully saturated rings. The van der Waals surface area contributed by atoms with Gasteiger partial charge in [0.15, 0.2) is 0 Å². The number of rotatable bonds is 4. The summed E-state index contributed by atoms with van der Waals surface area (Å²) in [5, 5.41) is 4.28. The third kappa shape index (κ3) is 3.82. The highest BCUT2D eigenvalue weighted by atomic mass is 79.9. The molecule has 100 valence electrons. The van der Waals surface area contributed by atoms with Gasteiger partial charge in [0.05, 0.1) is 5.02 Å². The average Bonchev–Trinajstić information content (AvgIpc) is 2.40. The lowest BCUT2D eigenvalue weighted by atomic mass is 10.0. The molecular formula is C16H17BrClN. The maximum absolute atomic E-state index is 6.10. The van der Waals surface area contributed by atoms with Gasteiger partial charge < -0.3 is 5.32 Å². The first-order valence-electron chi connectivity index (χ1n) is 6.31. The minimum atomic E-state index is 0.323. The van der Waals surface area contributed by atoms with Crippen LogP contribution in [0.4, 0.5) is 0 Å². The molecule has 0 aliphatic rings. The van der Waals surface area contributed by atoms with Gasteiger partial charge in [-0.05, 0) is 58.6 Å². The highest BCUT2D eigenvalue weighted by molar-refractivity contribution is 9.10. The van der Waals surface area contributed by atoms with Crippen LogP contribution < -0.4 is 5.32 Å². The van der Waals surface area contributed by atoms with Gasteiger partial charge in [0.25, 0.3) is 0 Å². The van der Waals surface area contributed by atoms with Crippen LogP contribution in [0.15, 0.2) is 46.9 Å². The Hall–Kier alpha value is -0.830. The van der Waals surface area contributed by atoms with Crippen LogP contribution in [0.5, 0.6) is 0 Å². The van der Waals surface area contributed by atoms with Gasteiger partial charge in [-0.15, -0.1) is 0 Å². The molecule has 1 N–H and O–H groups in total. The van der Waals surface area contributed by atoms with Crippen LogP contribution in [-0.4, -0.2) is 0 Å². The summed E-state index contributed by atoms with van der Waals surface area (Å²) in [6, 6.07) is 14.8. The van der Waals surface area contributed by atoms with Gasteiger partial charge in [-0.2, -0.15) is 0 Å². The normalized spacial score (nSPS) is 12.4. The molecule has 0 aromatic heterocycles. The fraction of sp³-hybridized carbons (Fsp3) is 0.250. The Morgan fingerprint density at radius 3 is 2.63 bits per heavy atom. The standard InChI is InChI=1S/C16H17BrClN/c1-11-5-3-4-6-14(11)12(2)19-10-13-7-8-15(17)16(18)9-13/h3-9,12,19H,10H2,1-2H3/t12-/m0/s1. The third-order valence-electron chi connectivity index (χ3n) is 3.25. The van der Waals surface area contributed by atoms with Crippen molar-refractivity contribution in [3.05, 3.63) is 68.7 Å². The summed E-state index contributed by atoms with van der Waals surface area (Å²) in [7, 11) is 0. The van der Waals surface area contributed by atoms with E-state index in [1.165, 1.54) is 16.7 Å². The van der Waals surface area contributed by atoms with Crippen LogP contribution in [0.25, 0.3) is 0 Å². The van der Waals surface area contributed by atoms with Gasteiger partial charge in [-0.3, -0.25) is 0 Å². The van der Waals surface area contributed by atoms with E-state index in [1.807, 2.05) is 12.1 Å². The number of hydrogen-bond donors (Lipinski definition) is 1. The fourth-order valence-electron chi connectivity index (χ4n) is 2.10. The summed E-state index contributed by atoms with van der Waals surface area (Å²) in [5.41, 5.74) is 3.84. The van der Waals surface area contributed by atoms with Gasteiger partial charge in [0.1, 0.15) is 0 Å². The van der Waals surface area contributed by atoms with Crippen molar-refractivity contribution in [1.29, 1.82) is 0 Å². The smallest absolute Gasteiger partial charge is 0.0551 e. The number of halogens is 2. The molecule has 0 unspecified atom stereocenters. The second-order valence-electron chi connectivity index (χ2n) is 4.71. The maximum atomic E-state index is 6.10. The minimum Gasteiger partial charge on any atom is -0.306 e. The summed E-state index contributed by atoms with van der Waals surface area (Å²) in [4.78, 5) is 0. The Labute approximate surface area is 128 Å². The molecule has 1 atom stereocenters. The first-order chi connectivity index (χ1) is 9.08. The number of nitrogens with one attached hydrogen (secondary N) is 1. The predicted octanol–water partition coefficient (Wildman–Crippen LogP) is 5.26. The zero-order chi connectivity index (χ0) is 13.8. The molecule has 0 saturated carbocycles. The Bertz CT molecular complexity index is 568. The molecule has 0 aliphatic heterocycles. The van der Waals surface area contributed by atoms with E-state index in [0.29, 0.717) is 6.04 Å². The van der Waals surface area contributed by atoms with Crippen LogP contribution in [0.3, 0.4) is 0 Å². The molecule has 0 bridgehead atoms. The molecule has 2 aromatic rings. The summed E-state index contributed by atoms with van der Waals surface area (Å²) in [6.07, 6.45) is 0. The SMILES string of the molecule is Cc1ccccc1[C@H](C)NCc1ccc(Br)c(Cl)c1. The van der Waals surface area contributed by atoms with E-state index in [0.717, 1.165) is 16.0 Å². The van der Waals surface area contributed by atoms with Gasteiger partial charge in [-0.1, -0.05) is 41.9 Å². The van der Waals surface area contributed by atoms with Gasteiger partial charge >= 0.3 is 0 Å². The minimum absolute atomic E-state index is 0.323. The molecule has 0 aliphatic carbocycles. The van der Waals surface area contributed by atoms with Crippen molar-refractivity contribution in [3.63, 3.8) is 0 Å². The van der Waals surface area contributed by atoms with Crippen molar-refractivity contribution in [2.45, 2.75) is 26.4 Å². The molecule has 0 amide bonds. The molecule has 1 nitrogen and oxygen atoms in total. The van der Waals surface area contributed by atoms with E-state index >= 15 is 0 Å². The molecule has 19 heavy (non-hydrogen) atoms. The van der Waals surface area contributed by atoms with Crippen molar-refractivity contribution >= 4 is 27.5 Å². The second kappa shape index (κ2) is 6.56. The first kappa shape index (κ1) is 14.6. The van der Waals surface area contributed by atoms with Crippen LogP contribution in [0.2, 0.25) is 5.02 Å². The van der Waals surface area contributed by atoms with Crippen LogP contribution >= 0.6 is 27.5 Å². The monoisotopic (exact) mass is 337 g/mol. The van der Waals surface area contributed by atoms with Gasteiger partial charge in [0, 0.05) is 17.1 Å². The quantitative estimate of drug-likeness (QED) is 0.801. The highest BCUT2D eigenvalue weighted by Gasteiger charge is 2.07. The lowest BCUT2D eigenvalue weighted by molar-refractivity contribution is 0.572. The Balaban J connectivity index is 2.02. The van der Waals surface area contributed by atoms with E-state index in [2.05, 4.69) is 65.4 Å². The van der Waals surface area contributed by atoms with Crippen molar-refractivity contribution in [2.24, 2.45) is 0 Å². The molecule has 0 spiro atoms. The largest absolute Gasteiger partial charge is 0.306 e. The zero-order valence-electron chi connectivity index (χ0n) is 11.1. The van der Waals surface area contributed by atoms with Gasteiger partial charge in [-0.25, -0.2) is 0 Å². The first-order valence-corrected chi connectivity index (χ1v) is 7.48. The Morgan fingerprint density at radius 1 is 1.21 bits per heavy atom. The van der Waals surface area contributed by atoms with Crippen LogP contribution in [0, 0.1) is 6.92 Å². The summed E-state index contributed by atoms with van der Waals surface area (Å²) in [6.45, 7) is 5.13. The second-order valence-corrected chi connectivity index (χ2v) is 5.97. The van der Waals surface area contributed by atoms with Crippen molar-refractivity contribution < 1.29 is 0 Å². The number of aryl methyl sites for hydroxylation is 1. The average molecular weight is 339 g/mol. The molecule has 0 saturated heterocycles. The summed E-state index contributed by atoms with van der Waals surface area (Å²) in [5.74, 6) is 0. The van der Waals surface area contributed by atoms with E-state index in [1.54, 1.807) is 0 Å². The van der Waals surface area contributed by atoms with Crippen LogP contribution in [0.1, 0.15) is 29.7 Å². The van der Waals surface area contributed by atoms with E-state index in [9.17, 15) is 0 Å². The molecule has 3 heteroatoms. The maximum Gasteiger partial charge on any atom is 0.0551 e. The zero-order valence-corrected chi connectivity index (χ0v) is 13.4. The lowest BCUT2D eigenvalue weighted by Crippen LogP contribution is -2.18.